The Morgan fingerprint density at radius 1 is 0.917 bits per heavy atom. The zero-order chi connectivity index (χ0) is 17.2. The summed E-state index contributed by atoms with van der Waals surface area (Å²) in [6.45, 7) is 4.83. The summed E-state index contributed by atoms with van der Waals surface area (Å²) in [6, 6.07) is 0. The van der Waals surface area contributed by atoms with Crippen LogP contribution >= 0.6 is 11.6 Å². The summed E-state index contributed by atoms with van der Waals surface area (Å²) in [6.07, 6.45) is 9.61. The summed E-state index contributed by atoms with van der Waals surface area (Å²) >= 11 is 5.59. The largest absolute Gasteiger partial charge is 0.393 e. The van der Waals surface area contributed by atoms with Crippen LogP contribution in [0.2, 0.25) is 0 Å². The van der Waals surface area contributed by atoms with Crippen molar-refractivity contribution in [3.8, 4) is 11.3 Å². The molecule has 3 heteroatoms. The van der Waals surface area contributed by atoms with E-state index in [4.69, 9.17) is 11.6 Å². The summed E-state index contributed by atoms with van der Waals surface area (Å²) in [4.78, 5) is 0. The molecule has 0 spiro atoms. The van der Waals surface area contributed by atoms with E-state index in [2.05, 4.69) is 25.1 Å². The lowest BCUT2D eigenvalue weighted by atomic mass is 9.44. The lowest BCUT2D eigenvalue weighted by molar-refractivity contribution is -0.143. The number of rotatable bonds is 0. The second-order valence-electron chi connectivity index (χ2n) is 9.75. The van der Waals surface area contributed by atoms with Gasteiger partial charge in [-0.25, -0.2) is 0 Å². The van der Waals surface area contributed by atoms with E-state index in [0.29, 0.717) is 17.3 Å². The summed E-state index contributed by atoms with van der Waals surface area (Å²) < 4.78 is 0. The van der Waals surface area contributed by atoms with Crippen LogP contribution in [0.1, 0.15) is 71.6 Å². The van der Waals surface area contributed by atoms with Crippen LogP contribution in [-0.4, -0.2) is 21.9 Å². The molecule has 4 aliphatic rings. The molecule has 4 saturated carbocycles. The first-order chi connectivity index (χ1) is 11.3. The van der Waals surface area contributed by atoms with Crippen LogP contribution in [0, 0.1) is 45.8 Å². The fourth-order valence-electron chi connectivity index (χ4n) is 7.42. The quantitative estimate of drug-likeness (QED) is 0.639. The monoisotopic (exact) mass is 350 g/mol. The van der Waals surface area contributed by atoms with Gasteiger partial charge in [-0.2, -0.15) is 0 Å². The van der Waals surface area contributed by atoms with Gasteiger partial charge in [0, 0.05) is 5.38 Å². The van der Waals surface area contributed by atoms with E-state index in [1.807, 2.05) is 0 Å². The molecule has 0 unspecified atom stereocenters. The maximum absolute atomic E-state index is 10.8. The molecule has 4 aliphatic carbocycles. The molecule has 0 aromatic rings. The van der Waals surface area contributed by atoms with Crippen molar-refractivity contribution in [2.75, 3.05) is 0 Å². The van der Waals surface area contributed by atoms with Gasteiger partial charge in [-0.05, 0) is 104 Å². The zero-order valence-corrected chi connectivity index (χ0v) is 15.8. The Morgan fingerprint density at radius 3 is 2.42 bits per heavy atom. The molecule has 0 amide bonds. The van der Waals surface area contributed by atoms with Gasteiger partial charge in [-0.1, -0.05) is 19.8 Å². The molecule has 2 N–H and O–H groups in total. The Hall–Kier alpha value is -0.230. The van der Waals surface area contributed by atoms with Crippen molar-refractivity contribution in [2.45, 2.75) is 83.3 Å². The van der Waals surface area contributed by atoms with Gasteiger partial charge in [0.25, 0.3) is 0 Å². The first-order valence-electron chi connectivity index (χ1n) is 9.86. The average molecular weight is 351 g/mol. The average Bonchev–Trinajstić information content (AvgIpc) is 2.84. The van der Waals surface area contributed by atoms with Crippen molar-refractivity contribution in [1.29, 1.82) is 0 Å². The van der Waals surface area contributed by atoms with Crippen molar-refractivity contribution < 1.29 is 10.2 Å². The lowest BCUT2D eigenvalue weighted by Crippen LogP contribution is -2.56. The molecule has 4 rings (SSSR count). The topological polar surface area (TPSA) is 40.5 Å². The zero-order valence-electron chi connectivity index (χ0n) is 15.0. The van der Waals surface area contributed by atoms with Gasteiger partial charge in [0.1, 0.15) is 5.60 Å². The highest BCUT2D eigenvalue weighted by Gasteiger charge is 2.61. The summed E-state index contributed by atoms with van der Waals surface area (Å²) in [5.41, 5.74) is -0.382. The van der Waals surface area contributed by atoms with Crippen LogP contribution < -0.4 is 0 Å². The van der Waals surface area contributed by atoms with E-state index in [-0.39, 0.29) is 11.5 Å². The van der Waals surface area contributed by atoms with Gasteiger partial charge < -0.3 is 10.2 Å². The highest BCUT2D eigenvalue weighted by Crippen LogP contribution is 2.66. The molecule has 2 nitrogen and oxygen atoms in total. The number of hydrogen-bond donors (Lipinski definition) is 2. The third-order valence-electron chi connectivity index (χ3n) is 8.96. The fraction of sp³-hybridized carbons (Fsp3) is 0.905. The number of aliphatic hydroxyl groups excluding tert-OH is 1. The van der Waals surface area contributed by atoms with Crippen LogP contribution in [0.5, 0.6) is 0 Å². The maximum atomic E-state index is 10.8. The van der Waals surface area contributed by atoms with Gasteiger partial charge in [-0.15, -0.1) is 0 Å². The predicted molar refractivity (Wildman–Crippen MR) is 96.3 cm³/mol. The number of fused-ring (bicyclic) bond motifs is 5. The number of hydrogen-bond acceptors (Lipinski definition) is 2. The molecule has 0 aliphatic heterocycles. The van der Waals surface area contributed by atoms with Crippen LogP contribution in [0.4, 0.5) is 0 Å². The molecule has 0 saturated heterocycles. The molecule has 0 bridgehead atoms. The van der Waals surface area contributed by atoms with Crippen molar-refractivity contribution in [3.05, 3.63) is 0 Å². The molecular weight excluding hydrogens is 320 g/mol. The van der Waals surface area contributed by atoms with E-state index >= 15 is 0 Å². The normalized spacial score (nSPS) is 56.5. The molecule has 0 heterocycles. The number of aliphatic hydroxyl groups is 2. The molecule has 0 radical (unpaired) electrons. The highest BCUT2D eigenvalue weighted by molar-refractivity contribution is 6.30. The standard InChI is InChI=1S/C21H31ClO2/c1-19-9-10-21(24,11-12-22)13-14(19)3-4-15-16-5-6-18(23)20(16,2)8-7-17(15)19/h14-18,23-24H,3-10,13H2,1-2H3/t14-,15-,16-,17-,18-,19-,20-,21+/m0/s1. The number of halogens is 1. The second kappa shape index (κ2) is 5.63. The third kappa shape index (κ3) is 2.31. The van der Waals surface area contributed by atoms with E-state index in [0.717, 1.165) is 37.5 Å². The highest BCUT2D eigenvalue weighted by atomic mass is 35.5. The molecule has 0 aromatic heterocycles. The second-order valence-corrected chi connectivity index (χ2v) is 9.94. The maximum Gasteiger partial charge on any atom is 0.127 e. The third-order valence-corrected chi connectivity index (χ3v) is 9.05. The molecule has 24 heavy (non-hydrogen) atoms. The van der Waals surface area contributed by atoms with E-state index < -0.39 is 5.60 Å². The molecule has 134 valence electrons. The van der Waals surface area contributed by atoms with Crippen molar-refractivity contribution >= 4 is 11.6 Å². The van der Waals surface area contributed by atoms with Crippen molar-refractivity contribution in [3.63, 3.8) is 0 Å². The summed E-state index contributed by atoms with van der Waals surface area (Å²) in [5, 5.41) is 23.7. The van der Waals surface area contributed by atoms with Gasteiger partial charge in [0.15, 0.2) is 0 Å². The first-order valence-corrected chi connectivity index (χ1v) is 10.2. The van der Waals surface area contributed by atoms with Crippen molar-refractivity contribution in [1.82, 2.24) is 0 Å². The van der Waals surface area contributed by atoms with Gasteiger partial charge in [0.05, 0.1) is 6.10 Å². The molecular formula is C21H31ClO2. The molecule has 4 fully saturated rings. The van der Waals surface area contributed by atoms with Gasteiger partial charge in [-0.3, -0.25) is 0 Å². The predicted octanol–water partition coefficient (Wildman–Crippen LogP) is 4.32. The summed E-state index contributed by atoms with van der Waals surface area (Å²) in [5.74, 6) is 5.66. The van der Waals surface area contributed by atoms with E-state index in [1.165, 1.54) is 32.1 Å². The first kappa shape index (κ1) is 17.2. The molecule has 8 atom stereocenters. The molecule has 0 aromatic carbocycles. The lowest BCUT2D eigenvalue weighted by Gasteiger charge is -2.61. The Morgan fingerprint density at radius 2 is 1.67 bits per heavy atom. The minimum absolute atomic E-state index is 0.0931. The van der Waals surface area contributed by atoms with Crippen LogP contribution in [0.3, 0.4) is 0 Å². The van der Waals surface area contributed by atoms with E-state index in [1.54, 1.807) is 0 Å². The Kier molecular flexibility index (Phi) is 4.04. The van der Waals surface area contributed by atoms with Gasteiger partial charge >= 0.3 is 0 Å². The Balaban J connectivity index is 1.60. The summed E-state index contributed by atoms with van der Waals surface area (Å²) in [7, 11) is 0. The SMILES string of the molecule is C[C@]12CC[C@@](O)(C#CCl)C[C@@H]1CC[C@@H]1[C@@H]2CC[C@]2(C)[C@@H](O)CC[C@@H]12. The Bertz CT molecular complexity index is 580. The van der Waals surface area contributed by atoms with Crippen LogP contribution in [-0.2, 0) is 0 Å². The Labute approximate surface area is 151 Å². The van der Waals surface area contributed by atoms with Crippen LogP contribution in [0.15, 0.2) is 0 Å². The minimum Gasteiger partial charge on any atom is -0.393 e. The fourth-order valence-corrected chi connectivity index (χ4v) is 7.60. The van der Waals surface area contributed by atoms with Crippen molar-refractivity contribution in [2.24, 2.45) is 34.5 Å². The van der Waals surface area contributed by atoms with Gasteiger partial charge in [0.2, 0.25) is 0 Å². The van der Waals surface area contributed by atoms with E-state index in [9.17, 15) is 10.2 Å². The van der Waals surface area contributed by atoms with Crippen LogP contribution in [0.25, 0.3) is 0 Å². The smallest absolute Gasteiger partial charge is 0.127 e. The minimum atomic E-state index is -0.870.